The molecule has 10 nitrogen and oxygen atoms in total. The van der Waals surface area contributed by atoms with E-state index in [4.69, 9.17) is 0 Å². The predicted molar refractivity (Wildman–Crippen MR) is 111 cm³/mol. The number of hydrogen-bond donors (Lipinski definition) is 3. The number of hydrogen-bond acceptors (Lipinski definition) is 8. The molecule has 0 spiro atoms. The Kier molecular flexibility index (Phi) is 4.43. The van der Waals surface area contributed by atoms with Crippen LogP contribution < -0.4 is 10.2 Å². The van der Waals surface area contributed by atoms with Crippen LogP contribution in [0.1, 0.15) is 18.4 Å². The molecule has 11 heteroatoms. The molecule has 4 heterocycles. The van der Waals surface area contributed by atoms with Gasteiger partial charge in [0.1, 0.15) is 11.7 Å². The van der Waals surface area contributed by atoms with E-state index in [0.717, 1.165) is 41.1 Å². The third-order valence-electron chi connectivity index (χ3n) is 6.22. The van der Waals surface area contributed by atoms with E-state index in [-0.39, 0.29) is 12.0 Å². The van der Waals surface area contributed by atoms with Gasteiger partial charge in [0.05, 0.1) is 11.3 Å². The number of H-pyrrole nitrogens is 1. The summed E-state index contributed by atoms with van der Waals surface area (Å²) in [5, 5.41) is 22.8. The fourth-order valence-electron chi connectivity index (χ4n) is 4.83. The lowest BCUT2D eigenvalue weighted by molar-refractivity contribution is 0.218. The fourth-order valence-corrected chi connectivity index (χ4v) is 5.29. The highest BCUT2D eigenvalue weighted by molar-refractivity contribution is 7.10. The molecule has 0 aromatic carbocycles. The summed E-state index contributed by atoms with van der Waals surface area (Å²) in [5.41, 5.74) is 2.27. The van der Waals surface area contributed by atoms with E-state index in [0.29, 0.717) is 41.7 Å². The molecule has 1 aliphatic carbocycles. The lowest BCUT2D eigenvalue weighted by Gasteiger charge is -2.29. The number of carbonyl (C=O) groups excluding carboxylic acids is 1. The first-order valence-electron chi connectivity index (χ1n) is 9.71. The normalized spacial score (nSPS) is 22.8. The third kappa shape index (κ3) is 3.09. The van der Waals surface area contributed by atoms with E-state index in [9.17, 15) is 15.2 Å². The number of nitrogens with one attached hydrogen (secondary N) is 2. The summed E-state index contributed by atoms with van der Waals surface area (Å²) in [6.07, 6.45) is 5.39. The smallest absolute Gasteiger partial charge is 0.327 e. The van der Waals surface area contributed by atoms with Crippen LogP contribution in [-0.2, 0) is 0 Å². The number of pyridine rings is 1. The summed E-state index contributed by atoms with van der Waals surface area (Å²) in [6, 6.07) is 4.00. The maximum atomic E-state index is 12.5. The molecule has 3 atom stereocenters. The molecule has 3 aromatic heterocycles. The highest BCUT2D eigenvalue weighted by Gasteiger charge is 2.44. The maximum Gasteiger partial charge on any atom is 0.327 e. The van der Waals surface area contributed by atoms with Gasteiger partial charge in [-0.05, 0) is 30.7 Å². The number of rotatable bonds is 3. The van der Waals surface area contributed by atoms with Gasteiger partial charge in [-0.25, -0.2) is 9.78 Å². The van der Waals surface area contributed by atoms with Gasteiger partial charge in [-0.2, -0.15) is 10.2 Å². The number of carbonyl (C=O) groups is 1. The number of aromatic nitrogens is 4. The number of aromatic amines is 1. The van der Waals surface area contributed by atoms with Crippen LogP contribution >= 0.6 is 11.5 Å². The quantitative estimate of drug-likeness (QED) is 0.587. The van der Waals surface area contributed by atoms with Crippen molar-refractivity contribution in [3.05, 3.63) is 24.0 Å². The molecular weight excluding hydrogens is 404 g/mol. The molecule has 1 saturated heterocycles. The molecule has 2 amide bonds. The van der Waals surface area contributed by atoms with E-state index in [1.807, 2.05) is 24.2 Å². The Hall–Kier alpha value is -3.39. The molecule has 2 fully saturated rings. The average molecular weight is 424 g/mol. The number of nitriles is 1. The second kappa shape index (κ2) is 7.14. The molecule has 1 saturated carbocycles. The minimum atomic E-state index is -0.330. The molecule has 0 radical (unpaired) electrons. The van der Waals surface area contributed by atoms with Crippen LogP contribution in [0.5, 0.6) is 6.01 Å². The zero-order valence-corrected chi connectivity index (χ0v) is 17.1. The van der Waals surface area contributed by atoms with Gasteiger partial charge in [0, 0.05) is 55.5 Å². The maximum absolute atomic E-state index is 12.5. The van der Waals surface area contributed by atoms with Crippen molar-refractivity contribution in [2.75, 3.05) is 30.4 Å². The van der Waals surface area contributed by atoms with Crippen LogP contribution in [-0.4, -0.2) is 61.5 Å². The van der Waals surface area contributed by atoms with Crippen LogP contribution in [0.25, 0.3) is 11.0 Å². The summed E-state index contributed by atoms with van der Waals surface area (Å²) < 4.78 is 3.66. The molecular formula is C19H20N8O2S. The second-order valence-corrected chi connectivity index (χ2v) is 8.62. The van der Waals surface area contributed by atoms with E-state index >= 15 is 0 Å². The number of amides is 2. The van der Waals surface area contributed by atoms with Crippen molar-refractivity contribution in [3.8, 4) is 12.1 Å². The summed E-state index contributed by atoms with van der Waals surface area (Å²) in [7, 11) is 2.04. The van der Waals surface area contributed by atoms with Crippen molar-refractivity contribution in [2.45, 2.75) is 18.9 Å². The van der Waals surface area contributed by atoms with Gasteiger partial charge >= 0.3 is 12.0 Å². The summed E-state index contributed by atoms with van der Waals surface area (Å²) in [6.45, 7) is 1.37. The van der Waals surface area contributed by atoms with E-state index < -0.39 is 0 Å². The van der Waals surface area contributed by atoms with Gasteiger partial charge < -0.3 is 19.9 Å². The van der Waals surface area contributed by atoms with E-state index in [1.165, 1.54) is 0 Å². The average Bonchev–Trinajstić information content (AvgIpc) is 3.49. The van der Waals surface area contributed by atoms with Crippen LogP contribution in [0.3, 0.4) is 0 Å². The van der Waals surface area contributed by atoms with E-state index in [2.05, 4.69) is 35.6 Å². The molecule has 5 rings (SSSR count). The van der Waals surface area contributed by atoms with Gasteiger partial charge in [-0.3, -0.25) is 5.32 Å². The highest BCUT2D eigenvalue weighted by Crippen LogP contribution is 2.42. The van der Waals surface area contributed by atoms with Crippen LogP contribution in [0.4, 0.5) is 15.6 Å². The zero-order chi connectivity index (χ0) is 20.8. The Balaban J connectivity index is 1.28. The fraction of sp³-hybridized carbons (Fsp3) is 0.421. The van der Waals surface area contributed by atoms with Gasteiger partial charge in [0.2, 0.25) is 5.13 Å². The molecule has 0 bridgehead atoms. The first-order chi connectivity index (χ1) is 14.5. The predicted octanol–water partition coefficient (Wildman–Crippen LogP) is 2.37. The lowest BCUT2D eigenvalue weighted by atomic mass is 10.0. The molecule has 3 aromatic rings. The summed E-state index contributed by atoms with van der Waals surface area (Å²) in [5.74, 6) is 0.834. The van der Waals surface area contributed by atoms with Gasteiger partial charge in [-0.15, -0.1) is 4.37 Å². The molecule has 3 N–H and O–H groups in total. The SMILES string of the molecule is CN(c1c(C#N)cnc2[nH]ccc12)[C@H]1C[C@@H]2CN(C(=O)Nc3nc(O)ns3)C[C@@H]2C1. The minimum absolute atomic E-state index is 0.208. The first-order valence-corrected chi connectivity index (χ1v) is 10.5. The summed E-state index contributed by atoms with van der Waals surface area (Å²) in [4.78, 5) is 27.7. The Morgan fingerprint density at radius 2 is 2.20 bits per heavy atom. The highest BCUT2D eigenvalue weighted by atomic mass is 32.1. The van der Waals surface area contributed by atoms with Gasteiger partial charge in [0.15, 0.2) is 0 Å². The molecule has 2 aliphatic rings. The number of nitrogens with zero attached hydrogens (tertiary/aromatic N) is 6. The first kappa shape index (κ1) is 18.6. The number of likely N-dealkylation sites (tertiary alicyclic amines) is 1. The van der Waals surface area contributed by atoms with Crippen molar-refractivity contribution in [1.29, 1.82) is 5.26 Å². The summed E-state index contributed by atoms with van der Waals surface area (Å²) >= 11 is 0.955. The number of fused-ring (bicyclic) bond motifs is 2. The van der Waals surface area contributed by atoms with Crippen molar-refractivity contribution < 1.29 is 9.90 Å². The van der Waals surface area contributed by atoms with Crippen molar-refractivity contribution in [1.82, 2.24) is 24.2 Å². The molecule has 154 valence electrons. The molecule has 1 aliphatic heterocycles. The third-order valence-corrected chi connectivity index (χ3v) is 6.84. The van der Waals surface area contributed by atoms with E-state index in [1.54, 1.807) is 6.20 Å². The van der Waals surface area contributed by atoms with Crippen LogP contribution in [0.2, 0.25) is 0 Å². The second-order valence-electron chi connectivity index (χ2n) is 7.86. The monoisotopic (exact) mass is 424 g/mol. The van der Waals surface area contributed by atoms with Crippen molar-refractivity contribution >= 4 is 39.4 Å². The van der Waals surface area contributed by atoms with Crippen LogP contribution in [0, 0.1) is 23.2 Å². The number of aromatic hydroxyl groups is 1. The minimum Gasteiger partial charge on any atom is -0.478 e. The zero-order valence-electron chi connectivity index (χ0n) is 16.2. The molecule has 30 heavy (non-hydrogen) atoms. The lowest BCUT2D eigenvalue weighted by Crippen LogP contribution is -2.36. The Labute approximate surface area is 176 Å². The van der Waals surface area contributed by atoms with Crippen molar-refractivity contribution in [3.63, 3.8) is 0 Å². The Bertz CT molecular complexity index is 1140. The van der Waals surface area contributed by atoms with Gasteiger partial charge in [0.25, 0.3) is 0 Å². The van der Waals surface area contributed by atoms with Gasteiger partial charge in [-0.1, -0.05) is 0 Å². The largest absolute Gasteiger partial charge is 0.478 e. The number of anilines is 2. The Morgan fingerprint density at radius 3 is 2.87 bits per heavy atom. The van der Waals surface area contributed by atoms with Crippen LogP contribution in [0.15, 0.2) is 18.5 Å². The standard InChI is InChI=1S/C19H20N8O2S/c1-26(15-12(6-20)7-22-16-14(15)2-3-21-16)13-4-10-8-27(9-11(10)5-13)19(29)24-18-23-17(28)25-30-18/h2-3,7,10-11,13H,4-5,8-9H2,1H3,(H,21,22)(H2,23,24,25,28,29)/t10-,11+,13+. The Morgan fingerprint density at radius 1 is 1.43 bits per heavy atom. The number of urea groups is 1. The van der Waals surface area contributed by atoms with Crippen molar-refractivity contribution in [2.24, 2.45) is 11.8 Å². The topological polar surface area (TPSA) is 134 Å². The molecule has 0 unspecified atom stereocenters.